The van der Waals surface area contributed by atoms with Gasteiger partial charge in [-0.3, -0.25) is 0 Å². The summed E-state index contributed by atoms with van der Waals surface area (Å²) in [6, 6.07) is 2.17. The van der Waals surface area contributed by atoms with Crippen molar-refractivity contribution in [3.63, 3.8) is 0 Å². The number of nitrogens with one attached hydrogen (secondary N) is 1. The third kappa shape index (κ3) is 3.24. The third-order valence-electron chi connectivity index (χ3n) is 3.03. The van der Waals surface area contributed by atoms with Crippen LogP contribution in [0.25, 0.3) is 0 Å². The van der Waals surface area contributed by atoms with Crippen LogP contribution in [0.1, 0.15) is 24.8 Å². The number of hydrogen-bond donors (Lipinski definition) is 1. The van der Waals surface area contributed by atoms with Gasteiger partial charge in [0.15, 0.2) is 0 Å². The molecule has 0 saturated carbocycles. The Morgan fingerprint density at radius 2 is 2.40 bits per heavy atom. The van der Waals surface area contributed by atoms with Gasteiger partial charge in [0.25, 0.3) is 0 Å². The number of nitrogens with zero attached hydrogens (tertiary/aromatic N) is 1. The minimum absolute atomic E-state index is 0.846. The highest BCUT2D eigenvalue weighted by Gasteiger charge is 2.08. The third-order valence-corrected chi connectivity index (χ3v) is 3.03. The first-order chi connectivity index (χ1) is 7.34. The van der Waals surface area contributed by atoms with Gasteiger partial charge in [0.05, 0.1) is 0 Å². The van der Waals surface area contributed by atoms with Crippen molar-refractivity contribution in [2.75, 3.05) is 6.54 Å². The molecule has 1 aliphatic carbocycles. The van der Waals surface area contributed by atoms with Gasteiger partial charge in [0.2, 0.25) is 0 Å². The Morgan fingerprint density at radius 3 is 3.07 bits per heavy atom. The summed E-state index contributed by atoms with van der Waals surface area (Å²) >= 11 is 0. The number of aromatic nitrogens is 1. The van der Waals surface area contributed by atoms with Gasteiger partial charge in [-0.25, -0.2) is 0 Å². The van der Waals surface area contributed by atoms with Crippen LogP contribution in [-0.2, 0) is 13.6 Å². The average molecular weight is 204 g/mol. The summed E-state index contributed by atoms with van der Waals surface area (Å²) < 4.78 is 2.10. The van der Waals surface area contributed by atoms with Crippen molar-refractivity contribution in [3.8, 4) is 0 Å². The maximum Gasteiger partial charge on any atom is 0.0220 e. The van der Waals surface area contributed by atoms with E-state index in [1.54, 1.807) is 0 Å². The lowest BCUT2D eigenvalue weighted by Gasteiger charge is -2.17. The van der Waals surface area contributed by atoms with Crippen molar-refractivity contribution in [2.45, 2.75) is 25.8 Å². The first kappa shape index (κ1) is 10.5. The molecule has 2 heteroatoms. The van der Waals surface area contributed by atoms with Crippen LogP contribution >= 0.6 is 0 Å². The molecule has 0 saturated heterocycles. The molecule has 1 unspecified atom stereocenters. The molecule has 1 aliphatic rings. The molecule has 2 nitrogen and oxygen atoms in total. The number of hydrogen-bond acceptors (Lipinski definition) is 1. The van der Waals surface area contributed by atoms with Gasteiger partial charge in [-0.15, -0.1) is 0 Å². The lowest BCUT2D eigenvalue weighted by molar-refractivity contribution is 0.440. The van der Waals surface area contributed by atoms with Crippen LogP contribution in [0, 0.1) is 5.92 Å². The largest absolute Gasteiger partial charge is 0.357 e. The number of rotatable bonds is 4. The molecule has 0 aromatic carbocycles. The van der Waals surface area contributed by atoms with Crippen LogP contribution in [0.5, 0.6) is 0 Å². The van der Waals surface area contributed by atoms with Crippen molar-refractivity contribution in [1.82, 2.24) is 9.88 Å². The van der Waals surface area contributed by atoms with Crippen LogP contribution in [-0.4, -0.2) is 11.1 Å². The summed E-state index contributed by atoms with van der Waals surface area (Å²) in [6.07, 6.45) is 12.7. The van der Waals surface area contributed by atoms with Crippen molar-refractivity contribution < 1.29 is 0 Å². The zero-order valence-electron chi connectivity index (χ0n) is 9.45. The second-order valence-corrected chi connectivity index (χ2v) is 4.47. The van der Waals surface area contributed by atoms with Gasteiger partial charge in [-0.1, -0.05) is 12.2 Å². The summed E-state index contributed by atoms with van der Waals surface area (Å²) in [5.41, 5.74) is 1.38. The summed E-state index contributed by atoms with van der Waals surface area (Å²) in [5.74, 6) is 0.846. The van der Waals surface area contributed by atoms with E-state index in [1.807, 2.05) is 0 Å². The SMILES string of the molecule is Cn1ccc(CNCC2CC=CCC2)c1. The fourth-order valence-corrected chi connectivity index (χ4v) is 2.13. The van der Waals surface area contributed by atoms with E-state index >= 15 is 0 Å². The predicted molar refractivity (Wildman–Crippen MR) is 63.6 cm³/mol. The molecule has 0 amide bonds. The number of allylic oxidation sites excluding steroid dienone is 2. The molecule has 1 N–H and O–H groups in total. The van der Waals surface area contributed by atoms with Crippen molar-refractivity contribution in [3.05, 3.63) is 36.2 Å². The van der Waals surface area contributed by atoms with E-state index in [1.165, 1.54) is 24.8 Å². The zero-order chi connectivity index (χ0) is 10.5. The van der Waals surface area contributed by atoms with Gasteiger partial charge >= 0.3 is 0 Å². The lowest BCUT2D eigenvalue weighted by atomic mass is 9.94. The Bertz CT molecular complexity index is 325. The van der Waals surface area contributed by atoms with E-state index < -0.39 is 0 Å². The quantitative estimate of drug-likeness (QED) is 0.746. The van der Waals surface area contributed by atoms with Crippen molar-refractivity contribution in [2.24, 2.45) is 13.0 Å². The number of aryl methyl sites for hydroxylation is 1. The van der Waals surface area contributed by atoms with Crippen molar-refractivity contribution in [1.29, 1.82) is 0 Å². The average Bonchev–Trinajstić information content (AvgIpc) is 2.66. The van der Waals surface area contributed by atoms with Gasteiger partial charge < -0.3 is 9.88 Å². The van der Waals surface area contributed by atoms with Crippen LogP contribution in [0.3, 0.4) is 0 Å². The van der Waals surface area contributed by atoms with Crippen LogP contribution in [0.15, 0.2) is 30.6 Å². The smallest absolute Gasteiger partial charge is 0.0220 e. The molecule has 0 aliphatic heterocycles. The maximum absolute atomic E-state index is 3.54. The summed E-state index contributed by atoms with van der Waals surface area (Å²) in [4.78, 5) is 0. The molecule has 1 atom stereocenters. The minimum atomic E-state index is 0.846. The van der Waals surface area contributed by atoms with E-state index in [-0.39, 0.29) is 0 Å². The first-order valence-corrected chi connectivity index (χ1v) is 5.81. The summed E-state index contributed by atoms with van der Waals surface area (Å²) in [5, 5.41) is 3.54. The zero-order valence-corrected chi connectivity index (χ0v) is 9.45. The first-order valence-electron chi connectivity index (χ1n) is 5.81. The minimum Gasteiger partial charge on any atom is -0.357 e. The Balaban J connectivity index is 1.68. The molecular formula is C13H20N2. The molecule has 0 spiro atoms. The molecular weight excluding hydrogens is 184 g/mol. The molecule has 0 radical (unpaired) electrons. The van der Waals surface area contributed by atoms with E-state index in [9.17, 15) is 0 Å². The molecule has 1 aromatic heterocycles. The van der Waals surface area contributed by atoms with E-state index in [0.717, 1.165) is 19.0 Å². The topological polar surface area (TPSA) is 17.0 Å². The molecule has 1 heterocycles. The van der Waals surface area contributed by atoms with Crippen LogP contribution in [0.2, 0.25) is 0 Å². The second kappa shape index (κ2) is 5.17. The fraction of sp³-hybridized carbons (Fsp3) is 0.538. The highest BCUT2D eigenvalue weighted by molar-refractivity contribution is 5.09. The standard InChI is InChI=1S/C13H20N2/c1-15-8-7-13(11-15)10-14-9-12-5-3-2-4-6-12/h2-3,7-8,11-12,14H,4-6,9-10H2,1H3. The Kier molecular flexibility index (Phi) is 3.62. The molecule has 1 aromatic rings. The molecule has 2 rings (SSSR count). The molecule has 0 bridgehead atoms. The van der Waals surface area contributed by atoms with Gasteiger partial charge in [0, 0.05) is 26.0 Å². The predicted octanol–water partition coefficient (Wildman–Crippen LogP) is 2.47. The maximum atomic E-state index is 3.54. The van der Waals surface area contributed by atoms with Gasteiger partial charge in [-0.05, 0) is 43.4 Å². The lowest BCUT2D eigenvalue weighted by Crippen LogP contribution is -2.22. The highest BCUT2D eigenvalue weighted by atomic mass is 14.9. The van der Waals surface area contributed by atoms with E-state index in [2.05, 4.69) is 47.5 Å². The van der Waals surface area contributed by atoms with Crippen LogP contribution < -0.4 is 5.32 Å². The van der Waals surface area contributed by atoms with E-state index in [4.69, 9.17) is 0 Å². The van der Waals surface area contributed by atoms with Gasteiger partial charge in [-0.2, -0.15) is 0 Å². The molecule has 0 fully saturated rings. The molecule has 15 heavy (non-hydrogen) atoms. The molecule has 82 valence electrons. The summed E-state index contributed by atoms with van der Waals surface area (Å²) in [7, 11) is 2.06. The Hall–Kier alpha value is -1.02. The highest BCUT2D eigenvalue weighted by Crippen LogP contribution is 2.16. The van der Waals surface area contributed by atoms with E-state index in [0.29, 0.717) is 0 Å². The fourth-order valence-electron chi connectivity index (χ4n) is 2.13. The monoisotopic (exact) mass is 204 g/mol. The van der Waals surface area contributed by atoms with Gasteiger partial charge in [0.1, 0.15) is 0 Å². The Labute approximate surface area is 92.0 Å². The summed E-state index contributed by atoms with van der Waals surface area (Å²) in [6.45, 7) is 2.15. The Morgan fingerprint density at radius 1 is 1.47 bits per heavy atom. The normalized spacial score (nSPS) is 20.7. The second-order valence-electron chi connectivity index (χ2n) is 4.47. The van der Waals surface area contributed by atoms with Crippen molar-refractivity contribution >= 4 is 0 Å². The van der Waals surface area contributed by atoms with Crippen LogP contribution in [0.4, 0.5) is 0 Å².